The van der Waals surface area contributed by atoms with Crippen molar-refractivity contribution in [1.29, 1.82) is 0 Å². The predicted molar refractivity (Wildman–Crippen MR) is 99.8 cm³/mol. The van der Waals surface area contributed by atoms with Crippen LogP contribution in [0.2, 0.25) is 0 Å². The molecular formula is C19H26N4O3. The third-order valence-electron chi connectivity index (χ3n) is 3.56. The van der Waals surface area contributed by atoms with Gasteiger partial charge in [0.25, 0.3) is 0 Å². The lowest BCUT2D eigenvalue weighted by Gasteiger charge is -2.22. The molecule has 2 aromatic rings. The monoisotopic (exact) mass is 358 g/mol. The van der Waals surface area contributed by atoms with Crippen molar-refractivity contribution < 1.29 is 14.1 Å². The van der Waals surface area contributed by atoms with Gasteiger partial charge in [0.1, 0.15) is 11.8 Å². The molecule has 3 amide bonds. The molecule has 1 unspecified atom stereocenters. The number of nitrogens with zero attached hydrogens (tertiary/aromatic N) is 1. The number of hydrogen-bond donors (Lipinski definition) is 3. The smallest absolute Gasteiger partial charge is 0.315 e. The molecule has 0 radical (unpaired) electrons. The number of amides is 3. The fourth-order valence-electron chi connectivity index (χ4n) is 2.25. The molecule has 1 aromatic carbocycles. The molecule has 0 aliphatic rings. The van der Waals surface area contributed by atoms with Crippen LogP contribution < -0.4 is 16.0 Å². The van der Waals surface area contributed by atoms with Crippen molar-refractivity contribution in [2.45, 2.75) is 40.2 Å². The molecule has 1 aromatic heterocycles. The molecule has 7 nitrogen and oxygen atoms in total. The van der Waals surface area contributed by atoms with Crippen LogP contribution in [0.1, 0.15) is 32.1 Å². The maximum Gasteiger partial charge on any atom is 0.315 e. The lowest BCUT2D eigenvalue weighted by molar-refractivity contribution is -0.117. The Labute approximate surface area is 153 Å². The molecule has 0 saturated carbocycles. The summed E-state index contributed by atoms with van der Waals surface area (Å²) in [6.45, 7) is 8.31. The Morgan fingerprint density at radius 3 is 2.46 bits per heavy atom. The second kappa shape index (κ2) is 8.51. The molecule has 1 atom stereocenters. The Hall–Kier alpha value is -2.83. The van der Waals surface area contributed by atoms with Gasteiger partial charge in [-0.2, -0.15) is 0 Å². The zero-order valence-corrected chi connectivity index (χ0v) is 15.6. The third kappa shape index (κ3) is 6.58. The summed E-state index contributed by atoms with van der Waals surface area (Å²) in [6.07, 6.45) is 0.368. The van der Waals surface area contributed by atoms with Crippen LogP contribution in [0.15, 0.2) is 40.9 Å². The second-order valence-corrected chi connectivity index (χ2v) is 7.44. The van der Waals surface area contributed by atoms with E-state index in [1.807, 2.05) is 51.1 Å². The van der Waals surface area contributed by atoms with Gasteiger partial charge in [-0.05, 0) is 17.9 Å². The van der Waals surface area contributed by atoms with Crippen LogP contribution in [-0.2, 0) is 11.2 Å². The number of rotatable bonds is 6. The molecule has 140 valence electrons. The molecule has 0 aliphatic heterocycles. The second-order valence-electron chi connectivity index (χ2n) is 7.44. The highest BCUT2D eigenvalue weighted by Gasteiger charge is 2.23. The minimum atomic E-state index is -0.741. The molecule has 3 N–H and O–H groups in total. The van der Waals surface area contributed by atoms with Crippen molar-refractivity contribution in [2.75, 3.05) is 11.9 Å². The summed E-state index contributed by atoms with van der Waals surface area (Å²) in [5.41, 5.74) is 0.896. The first-order valence-electron chi connectivity index (χ1n) is 8.55. The minimum absolute atomic E-state index is 0.0488. The molecule has 0 saturated heterocycles. The first-order valence-corrected chi connectivity index (χ1v) is 8.55. The number of carbonyl (C=O) groups excluding carboxylic acids is 2. The van der Waals surface area contributed by atoms with Gasteiger partial charge in [-0.1, -0.05) is 56.3 Å². The van der Waals surface area contributed by atoms with E-state index < -0.39 is 6.04 Å². The third-order valence-corrected chi connectivity index (χ3v) is 3.56. The summed E-state index contributed by atoms with van der Waals surface area (Å²) in [6, 6.07) is 10.0. The normalized spacial score (nSPS) is 12.3. The van der Waals surface area contributed by atoms with Crippen molar-refractivity contribution in [3.05, 3.63) is 47.7 Å². The summed E-state index contributed by atoms with van der Waals surface area (Å²) in [5, 5.41) is 12.0. The zero-order valence-electron chi connectivity index (χ0n) is 15.6. The molecule has 7 heteroatoms. The van der Waals surface area contributed by atoms with Crippen molar-refractivity contribution in [3.8, 4) is 0 Å². The lowest BCUT2D eigenvalue weighted by Crippen LogP contribution is -2.50. The Morgan fingerprint density at radius 2 is 1.88 bits per heavy atom. The first kappa shape index (κ1) is 19.5. The Bertz CT molecular complexity index is 735. The van der Waals surface area contributed by atoms with Gasteiger partial charge in [0.2, 0.25) is 5.91 Å². The molecule has 0 bridgehead atoms. The van der Waals surface area contributed by atoms with E-state index in [0.717, 1.165) is 5.56 Å². The molecule has 26 heavy (non-hydrogen) atoms. The predicted octanol–water partition coefficient (Wildman–Crippen LogP) is 2.88. The van der Waals surface area contributed by atoms with Gasteiger partial charge in [0.15, 0.2) is 5.82 Å². The van der Waals surface area contributed by atoms with Crippen LogP contribution >= 0.6 is 0 Å². The van der Waals surface area contributed by atoms with Crippen LogP contribution in [0.5, 0.6) is 0 Å². The summed E-state index contributed by atoms with van der Waals surface area (Å²) in [4.78, 5) is 24.8. The minimum Gasteiger partial charge on any atom is -0.360 e. The van der Waals surface area contributed by atoms with Crippen LogP contribution in [0, 0.1) is 12.3 Å². The van der Waals surface area contributed by atoms with Gasteiger partial charge in [-0.25, -0.2) is 4.79 Å². The number of urea groups is 1. The Morgan fingerprint density at radius 1 is 1.19 bits per heavy atom. The van der Waals surface area contributed by atoms with Gasteiger partial charge in [-0.3, -0.25) is 4.79 Å². The van der Waals surface area contributed by atoms with Crippen LogP contribution in [0.4, 0.5) is 10.6 Å². The average molecular weight is 358 g/mol. The van der Waals surface area contributed by atoms with Gasteiger partial charge in [0, 0.05) is 19.0 Å². The highest BCUT2D eigenvalue weighted by Crippen LogP contribution is 2.11. The molecule has 0 fully saturated rings. The highest BCUT2D eigenvalue weighted by molar-refractivity contribution is 5.96. The molecule has 0 aliphatic carbocycles. The molecule has 2 rings (SSSR count). The molecule has 1 heterocycles. The number of nitrogens with one attached hydrogen (secondary N) is 3. The van der Waals surface area contributed by atoms with Crippen molar-refractivity contribution >= 4 is 17.8 Å². The van der Waals surface area contributed by atoms with Crippen LogP contribution in [0.3, 0.4) is 0 Å². The fraction of sp³-hybridized carbons (Fsp3) is 0.421. The summed E-state index contributed by atoms with van der Waals surface area (Å²) >= 11 is 0. The Balaban J connectivity index is 2.05. The van der Waals surface area contributed by atoms with Gasteiger partial charge in [-0.15, -0.1) is 0 Å². The zero-order chi connectivity index (χ0) is 19.2. The maximum atomic E-state index is 12.6. The van der Waals surface area contributed by atoms with E-state index in [2.05, 4.69) is 21.1 Å². The van der Waals surface area contributed by atoms with Crippen molar-refractivity contribution in [3.63, 3.8) is 0 Å². The SMILES string of the molecule is Cc1cc(NC(=O)C(Cc2ccccc2)NC(=O)NCC(C)(C)C)no1. The lowest BCUT2D eigenvalue weighted by atomic mass is 9.97. The highest BCUT2D eigenvalue weighted by atomic mass is 16.5. The fourth-order valence-corrected chi connectivity index (χ4v) is 2.25. The van der Waals surface area contributed by atoms with E-state index in [1.165, 1.54) is 0 Å². The summed E-state index contributed by atoms with van der Waals surface area (Å²) in [7, 11) is 0. The number of benzene rings is 1. The number of hydrogen-bond acceptors (Lipinski definition) is 4. The van der Waals surface area contributed by atoms with E-state index in [-0.39, 0.29) is 17.4 Å². The quantitative estimate of drug-likeness (QED) is 0.740. The number of aryl methyl sites for hydroxylation is 1. The van der Waals surface area contributed by atoms with E-state index in [1.54, 1.807) is 13.0 Å². The largest absolute Gasteiger partial charge is 0.360 e. The van der Waals surface area contributed by atoms with Crippen LogP contribution in [-0.4, -0.2) is 29.7 Å². The van der Waals surface area contributed by atoms with Gasteiger partial charge >= 0.3 is 6.03 Å². The van der Waals surface area contributed by atoms with E-state index in [9.17, 15) is 9.59 Å². The standard InChI is InChI=1S/C19H26N4O3/c1-13-10-16(23-26-13)22-17(24)15(11-14-8-6-5-7-9-14)21-18(25)20-12-19(2,3)4/h5-10,15H,11-12H2,1-4H3,(H2,20,21,25)(H,22,23,24). The average Bonchev–Trinajstić information content (AvgIpc) is 2.97. The van der Waals surface area contributed by atoms with Crippen LogP contribution in [0.25, 0.3) is 0 Å². The van der Waals surface area contributed by atoms with Crippen molar-refractivity contribution in [1.82, 2.24) is 15.8 Å². The summed E-state index contributed by atoms with van der Waals surface area (Å²) < 4.78 is 4.96. The van der Waals surface area contributed by atoms with E-state index >= 15 is 0 Å². The Kier molecular flexibility index (Phi) is 6.38. The van der Waals surface area contributed by atoms with E-state index in [4.69, 9.17) is 4.52 Å². The first-order chi connectivity index (χ1) is 12.2. The topological polar surface area (TPSA) is 96.3 Å². The van der Waals surface area contributed by atoms with Crippen molar-refractivity contribution in [2.24, 2.45) is 5.41 Å². The molecule has 0 spiro atoms. The summed E-state index contributed by atoms with van der Waals surface area (Å²) in [5.74, 6) is 0.561. The number of anilines is 1. The number of carbonyl (C=O) groups is 2. The number of aromatic nitrogens is 1. The van der Waals surface area contributed by atoms with Gasteiger partial charge < -0.3 is 20.5 Å². The van der Waals surface area contributed by atoms with Gasteiger partial charge in [0.05, 0.1) is 0 Å². The maximum absolute atomic E-state index is 12.6. The van der Waals surface area contributed by atoms with E-state index in [0.29, 0.717) is 24.5 Å². The molecular weight excluding hydrogens is 332 g/mol.